The largest absolute Gasteiger partial charge is 0.494 e. The van der Waals surface area contributed by atoms with Gasteiger partial charge in [0.1, 0.15) is 5.75 Å². The van der Waals surface area contributed by atoms with Crippen molar-refractivity contribution in [3.05, 3.63) is 57.5 Å². The lowest BCUT2D eigenvalue weighted by Gasteiger charge is -2.09. The number of anilines is 1. The molecule has 0 aromatic heterocycles. The SMILES string of the molecule is CCCOc1ccc(C(=O)Nc2ccc(Br)cc2Cl)cc1. The molecule has 0 fully saturated rings. The summed E-state index contributed by atoms with van der Waals surface area (Å²) >= 11 is 9.40. The van der Waals surface area contributed by atoms with Crippen LogP contribution in [0.5, 0.6) is 5.75 Å². The Labute approximate surface area is 137 Å². The Kier molecular flexibility index (Phi) is 5.65. The molecule has 21 heavy (non-hydrogen) atoms. The van der Waals surface area contributed by atoms with Crippen LogP contribution in [0.3, 0.4) is 0 Å². The van der Waals surface area contributed by atoms with Crippen molar-refractivity contribution in [3.63, 3.8) is 0 Å². The zero-order chi connectivity index (χ0) is 15.2. The fraction of sp³-hybridized carbons (Fsp3) is 0.188. The Hall–Kier alpha value is -1.52. The van der Waals surface area contributed by atoms with E-state index in [0.29, 0.717) is 22.9 Å². The van der Waals surface area contributed by atoms with Gasteiger partial charge >= 0.3 is 0 Å². The molecule has 0 spiro atoms. The zero-order valence-corrected chi connectivity index (χ0v) is 13.9. The van der Waals surface area contributed by atoms with Crippen molar-refractivity contribution >= 4 is 39.1 Å². The molecular weight excluding hydrogens is 354 g/mol. The Balaban J connectivity index is 2.06. The number of carbonyl (C=O) groups is 1. The summed E-state index contributed by atoms with van der Waals surface area (Å²) in [6.45, 7) is 2.71. The molecule has 2 rings (SSSR count). The molecule has 0 radical (unpaired) electrons. The Morgan fingerprint density at radius 1 is 1.24 bits per heavy atom. The monoisotopic (exact) mass is 367 g/mol. The average Bonchev–Trinajstić information content (AvgIpc) is 2.48. The summed E-state index contributed by atoms with van der Waals surface area (Å²) in [5.41, 5.74) is 1.13. The van der Waals surface area contributed by atoms with Crippen LogP contribution in [0.2, 0.25) is 5.02 Å². The van der Waals surface area contributed by atoms with Crippen LogP contribution >= 0.6 is 27.5 Å². The first-order chi connectivity index (χ1) is 10.1. The smallest absolute Gasteiger partial charge is 0.255 e. The van der Waals surface area contributed by atoms with Gasteiger partial charge < -0.3 is 10.1 Å². The van der Waals surface area contributed by atoms with Crippen molar-refractivity contribution in [1.82, 2.24) is 0 Å². The number of amides is 1. The number of benzene rings is 2. The number of rotatable bonds is 5. The van der Waals surface area contributed by atoms with E-state index in [2.05, 4.69) is 21.2 Å². The average molecular weight is 369 g/mol. The number of nitrogens with one attached hydrogen (secondary N) is 1. The number of ether oxygens (including phenoxy) is 1. The third-order valence-corrected chi connectivity index (χ3v) is 3.57. The number of carbonyl (C=O) groups excluding carboxylic acids is 1. The number of hydrogen-bond acceptors (Lipinski definition) is 2. The van der Waals surface area contributed by atoms with Crippen LogP contribution < -0.4 is 10.1 Å². The lowest BCUT2D eigenvalue weighted by Crippen LogP contribution is -2.12. The van der Waals surface area contributed by atoms with Crippen LogP contribution in [0, 0.1) is 0 Å². The third-order valence-electron chi connectivity index (χ3n) is 2.77. The molecule has 110 valence electrons. The highest BCUT2D eigenvalue weighted by atomic mass is 79.9. The summed E-state index contributed by atoms with van der Waals surface area (Å²) < 4.78 is 6.35. The van der Waals surface area contributed by atoms with Gasteiger partial charge in [0.25, 0.3) is 5.91 Å². The van der Waals surface area contributed by atoms with E-state index in [0.717, 1.165) is 16.6 Å². The molecule has 2 aromatic carbocycles. The van der Waals surface area contributed by atoms with Gasteiger partial charge in [-0.3, -0.25) is 4.79 Å². The van der Waals surface area contributed by atoms with E-state index in [-0.39, 0.29) is 5.91 Å². The molecule has 3 nitrogen and oxygen atoms in total. The second-order valence-corrected chi connectivity index (χ2v) is 5.77. The van der Waals surface area contributed by atoms with Crippen LogP contribution in [0.15, 0.2) is 46.9 Å². The first-order valence-electron chi connectivity index (χ1n) is 6.59. The van der Waals surface area contributed by atoms with E-state index in [1.54, 1.807) is 36.4 Å². The molecule has 0 atom stereocenters. The maximum atomic E-state index is 12.2. The minimum atomic E-state index is -0.207. The van der Waals surface area contributed by atoms with Gasteiger partial charge in [-0.15, -0.1) is 0 Å². The summed E-state index contributed by atoms with van der Waals surface area (Å²) in [5.74, 6) is 0.552. The van der Waals surface area contributed by atoms with E-state index in [9.17, 15) is 4.79 Å². The van der Waals surface area contributed by atoms with E-state index >= 15 is 0 Å². The van der Waals surface area contributed by atoms with Crippen LogP contribution in [0.25, 0.3) is 0 Å². The van der Waals surface area contributed by atoms with Crippen molar-refractivity contribution in [1.29, 1.82) is 0 Å². The highest BCUT2D eigenvalue weighted by Gasteiger charge is 2.09. The molecule has 0 saturated heterocycles. The third kappa shape index (κ3) is 4.48. The van der Waals surface area contributed by atoms with Gasteiger partial charge in [0.2, 0.25) is 0 Å². The molecule has 2 aromatic rings. The molecule has 0 saturated carbocycles. The van der Waals surface area contributed by atoms with Gasteiger partial charge in [-0.2, -0.15) is 0 Å². The summed E-state index contributed by atoms with van der Waals surface area (Å²) in [4.78, 5) is 12.2. The van der Waals surface area contributed by atoms with E-state index in [1.807, 2.05) is 13.0 Å². The molecule has 0 unspecified atom stereocenters. The molecule has 0 heterocycles. The highest BCUT2D eigenvalue weighted by molar-refractivity contribution is 9.10. The minimum Gasteiger partial charge on any atom is -0.494 e. The van der Waals surface area contributed by atoms with Crippen LogP contribution in [0.1, 0.15) is 23.7 Å². The summed E-state index contributed by atoms with van der Waals surface area (Å²) in [6.07, 6.45) is 0.949. The lowest BCUT2D eigenvalue weighted by atomic mass is 10.2. The second-order valence-electron chi connectivity index (χ2n) is 4.45. The van der Waals surface area contributed by atoms with Crippen LogP contribution in [-0.2, 0) is 0 Å². The highest BCUT2D eigenvalue weighted by Crippen LogP contribution is 2.26. The maximum Gasteiger partial charge on any atom is 0.255 e. The van der Waals surface area contributed by atoms with Crippen molar-refractivity contribution in [2.45, 2.75) is 13.3 Å². The topological polar surface area (TPSA) is 38.3 Å². The van der Waals surface area contributed by atoms with Crippen LogP contribution in [-0.4, -0.2) is 12.5 Å². The van der Waals surface area contributed by atoms with Gasteiger partial charge in [-0.05, 0) is 48.9 Å². The molecule has 1 N–H and O–H groups in total. The van der Waals surface area contributed by atoms with E-state index in [4.69, 9.17) is 16.3 Å². The van der Waals surface area contributed by atoms with Gasteiger partial charge in [0.15, 0.2) is 0 Å². The molecule has 0 aliphatic heterocycles. The quantitative estimate of drug-likeness (QED) is 0.793. The van der Waals surface area contributed by atoms with Crippen LogP contribution in [0.4, 0.5) is 5.69 Å². The molecule has 0 bridgehead atoms. The normalized spacial score (nSPS) is 10.2. The lowest BCUT2D eigenvalue weighted by molar-refractivity contribution is 0.102. The fourth-order valence-corrected chi connectivity index (χ4v) is 2.43. The predicted molar refractivity (Wildman–Crippen MR) is 89.3 cm³/mol. The minimum absolute atomic E-state index is 0.207. The first-order valence-corrected chi connectivity index (χ1v) is 7.76. The predicted octanol–water partition coefficient (Wildman–Crippen LogP) is 5.14. The van der Waals surface area contributed by atoms with Crippen molar-refractivity contribution < 1.29 is 9.53 Å². The maximum absolute atomic E-state index is 12.2. The van der Waals surface area contributed by atoms with Gasteiger partial charge in [-0.1, -0.05) is 34.5 Å². The van der Waals surface area contributed by atoms with E-state index in [1.165, 1.54) is 0 Å². The summed E-state index contributed by atoms with van der Waals surface area (Å²) in [5, 5.41) is 3.27. The fourth-order valence-electron chi connectivity index (χ4n) is 1.71. The number of hydrogen-bond donors (Lipinski definition) is 1. The molecule has 1 amide bonds. The van der Waals surface area contributed by atoms with Gasteiger partial charge in [0.05, 0.1) is 17.3 Å². The second kappa shape index (κ2) is 7.48. The van der Waals surface area contributed by atoms with Crippen molar-refractivity contribution in [3.8, 4) is 5.75 Å². The van der Waals surface area contributed by atoms with Crippen molar-refractivity contribution in [2.75, 3.05) is 11.9 Å². The Morgan fingerprint density at radius 3 is 2.57 bits per heavy atom. The molecule has 0 aliphatic carbocycles. The van der Waals surface area contributed by atoms with Crippen molar-refractivity contribution in [2.24, 2.45) is 0 Å². The summed E-state index contributed by atoms with van der Waals surface area (Å²) in [7, 11) is 0. The van der Waals surface area contributed by atoms with Gasteiger partial charge in [0, 0.05) is 10.0 Å². The Morgan fingerprint density at radius 2 is 1.95 bits per heavy atom. The first kappa shape index (κ1) is 15.9. The molecule has 5 heteroatoms. The summed E-state index contributed by atoms with van der Waals surface area (Å²) in [6, 6.07) is 12.3. The zero-order valence-electron chi connectivity index (χ0n) is 11.5. The molecular formula is C16H15BrClNO2. The molecule has 0 aliphatic rings. The Bertz CT molecular complexity index is 629. The van der Waals surface area contributed by atoms with E-state index < -0.39 is 0 Å². The number of halogens is 2. The van der Waals surface area contributed by atoms with Gasteiger partial charge in [-0.25, -0.2) is 0 Å². The standard InChI is InChI=1S/C16H15BrClNO2/c1-2-9-21-13-6-3-11(4-7-13)16(20)19-15-8-5-12(17)10-14(15)18/h3-8,10H,2,9H2,1H3,(H,19,20).